The molecule has 0 fully saturated rings. The van der Waals surface area contributed by atoms with Gasteiger partial charge in [-0.25, -0.2) is 0 Å². The monoisotopic (exact) mass is 1070 g/mol. The summed E-state index contributed by atoms with van der Waals surface area (Å²) in [6, 6.07) is 108. The van der Waals surface area contributed by atoms with Crippen molar-refractivity contribution in [2.75, 3.05) is 9.80 Å². The van der Waals surface area contributed by atoms with Crippen molar-refractivity contribution in [3.05, 3.63) is 313 Å². The van der Waals surface area contributed by atoms with Crippen molar-refractivity contribution in [1.82, 2.24) is 0 Å². The van der Waals surface area contributed by atoms with Gasteiger partial charge in [-0.1, -0.05) is 234 Å². The van der Waals surface area contributed by atoms with Crippen LogP contribution in [0.15, 0.2) is 291 Å². The molecule has 0 aliphatic heterocycles. The Morgan fingerprint density at radius 3 is 0.845 bits per heavy atom. The Hall–Kier alpha value is -10.3. The van der Waals surface area contributed by atoms with E-state index in [1.807, 2.05) is 0 Å². The maximum atomic E-state index is 2.42. The van der Waals surface area contributed by atoms with Crippen LogP contribution in [0.5, 0.6) is 0 Å². The molecule has 0 N–H and O–H groups in total. The molecule has 398 valence electrons. The van der Waals surface area contributed by atoms with E-state index in [-0.39, 0.29) is 10.8 Å². The van der Waals surface area contributed by atoms with Crippen molar-refractivity contribution in [2.24, 2.45) is 0 Å². The molecule has 0 bridgehead atoms. The van der Waals surface area contributed by atoms with Crippen molar-refractivity contribution in [1.29, 1.82) is 0 Å². The largest absolute Gasteiger partial charge is 0.310 e. The molecular weight excluding hydrogens is 1010 g/mol. The van der Waals surface area contributed by atoms with E-state index in [9.17, 15) is 0 Å². The van der Waals surface area contributed by atoms with Gasteiger partial charge in [-0.3, -0.25) is 0 Å². The molecule has 2 nitrogen and oxygen atoms in total. The molecule has 0 heterocycles. The number of hydrogen-bond acceptors (Lipinski definition) is 2. The first-order chi connectivity index (χ1) is 41.2. The van der Waals surface area contributed by atoms with Crippen LogP contribution < -0.4 is 9.80 Å². The van der Waals surface area contributed by atoms with Crippen molar-refractivity contribution in [3.63, 3.8) is 0 Å². The lowest BCUT2D eigenvalue weighted by Crippen LogP contribution is -2.14. The van der Waals surface area contributed by atoms with E-state index in [4.69, 9.17) is 0 Å². The highest BCUT2D eigenvalue weighted by Crippen LogP contribution is 2.53. The minimum Gasteiger partial charge on any atom is -0.310 e. The fraction of sp³-hybridized carbons (Fsp3) is 0.0732. The Morgan fingerprint density at radius 1 is 0.214 bits per heavy atom. The molecule has 14 aromatic carbocycles. The SMILES string of the molecule is CC1(C)c2cccc3cc(-c4cccc(N(c5ccc(-c6ccccc6)cc5)c5ccc(-c6ccc(N(c7ccc(-c8ccccc8)cc7)c7cccc(-c8cc9cccc%10c9c9c(cccc89)C%10(C)C)c7)cc6)cc5)c4)c4cccc1c4c23. The second-order valence-corrected chi connectivity index (χ2v) is 24.1. The van der Waals surface area contributed by atoms with Gasteiger partial charge in [0.25, 0.3) is 0 Å². The third kappa shape index (κ3) is 7.85. The molecule has 14 aromatic rings. The summed E-state index contributed by atoms with van der Waals surface area (Å²) in [4.78, 5) is 4.80. The Kier molecular flexibility index (Phi) is 11.3. The zero-order valence-corrected chi connectivity index (χ0v) is 47.6. The minimum atomic E-state index is -0.0592. The van der Waals surface area contributed by atoms with E-state index in [1.54, 1.807) is 0 Å². The van der Waals surface area contributed by atoms with Gasteiger partial charge in [0, 0.05) is 45.0 Å². The molecule has 0 atom stereocenters. The maximum absolute atomic E-state index is 2.42. The van der Waals surface area contributed by atoms with Gasteiger partial charge in [-0.15, -0.1) is 0 Å². The number of benzene rings is 14. The predicted molar refractivity (Wildman–Crippen MR) is 357 cm³/mol. The zero-order chi connectivity index (χ0) is 56.3. The van der Waals surface area contributed by atoms with Crippen LogP contribution in [0.25, 0.3) is 98.7 Å². The van der Waals surface area contributed by atoms with Crippen molar-refractivity contribution >= 4 is 77.2 Å². The lowest BCUT2D eigenvalue weighted by Gasteiger charge is -2.27. The third-order valence-corrected chi connectivity index (χ3v) is 18.6. The van der Waals surface area contributed by atoms with Crippen LogP contribution in [0.2, 0.25) is 0 Å². The Morgan fingerprint density at radius 2 is 0.500 bits per heavy atom. The summed E-state index contributed by atoms with van der Waals surface area (Å²) >= 11 is 0. The third-order valence-electron chi connectivity index (χ3n) is 18.6. The highest BCUT2D eigenvalue weighted by molar-refractivity contribution is 6.21. The first kappa shape index (κ1) is 49.5. The number of nitrogens with zero attached hydrogens (tertiary/aromatic N) is 2. The van der Waals surface area contributed by atoms with E-state index in [0.29, 0.717) is 0 Å². The molecule has 0 unspecified atom stereocenters. The molecule has 0 amide bonds. The summed E-state index contributed by atoms with van der Waals surface area (Å²) in [5, 5.41) is 10.8. The van der Waals surface area contributed by atoms with Crippen LogP contribution in [0, 0.1) is 0 Å². The van der Waals surface area contributed by atoms with Gasteiger partial charge >= 0.3 is 0 Å². The van der Waals surface area contributed by atoms with E-state index in [1.165, 1.54) is 110 Å². The van der Waals surface area contributed by atoms with Gasteiger partial charge in [-0.05, 0) is 206 Å². The Labute approximate surface area is 491 Å². The highest BCUT2D eigenvalue weighted by Gasteiger charge is 2.36. The Bertz CT molecular complexity index is 4590. The smallest absolute Gasteiger partial charge is 0.0467 e. The topological polar surface area (TPSA) is 6.48 Å². The van der Waals surface area contributed by atoms with Crippen molar-refractivity contribution in [3.8, 4) is 55.6 Å². The van der Waals surface area contributed by atoms with E-state index >= 15 is 0 Å². The van der Waals surface area contributed by atoms with Crippen LogP contribution >= 0.6 is 0 Å². The first-order valence-electron chi connectivity index (χ1n) is 29.5. The maximum Gasteiger partial charge on any atom is 0.0467 e. The molecule has 2 aliphatic carbocycles. The summed E-state index contributed by atoms with van der Waals surface area (Å²) in [6.45, 7) is 9.49. The molecule has 0 saturated heterocycles. The normalized spacial score (nSPS) is 13.4. The van der Waals surface area contributed by atoms with Crippen molar-refractivity contribution in [2.45, 2.75) is 38.5 Å². The molecule has 16 rings (SSSR count). The average Bonchev–Trinajstić information content (AvgIpc) is 2.54. The predicted octanol–water partition coefficient (Wildman–Crippen LogP) is 22.9. The van der Waals surface area contributed by atoms with E-state index < -0.39 is 0 Å². The summed E-state index contributed by atoms with van der Waals surface area (Å²) < 4.78 is 0. The molecule has 84 heavy (non-hydrogen) atoms. The molecule has 0 radical (unpaired) electrons. The molecule has 2 aliphatic rings. The summed E-state index contributed by atoms with van der Waals surface area (Å²) in [6.07, 6.45) is 0. The first-order valence-corrected chi connectivity index (χ1v) is 29.5. The molecule has 0 aromatic heterocycles. The standard InChI is InChI=1S/C82H60N2/c1-81(2)73-29-13-23-61-51-71(69-27-15-31-75(81)79(69)77(61)73)59-21-11-25-67(49-59)83(63-41-33-55(34-42-63)53-17-7-5-8-18-53)65-45-37-57(38-46-65)58-39-47-66(48-40-58)84(64-43-35-56(36-44-64)54-19-9-6-10-20-54)68-26-12-22-60(50-68)72-52-62-24-14-30-74-78(62)80-70(72)28-16-32-76(80)82(74,3)4/h5-52H,1-4H3. The van der Waals surface area contributed by atoms with Crippen LogP contribution in [0.1, 0.15) is 49.9 Å². The van der Waals surface area contributed by atoms with Crippen LogP contribution in [0.4, 0.5) is 34.1 Å². The molecule has 0 spiro atoms. The van der Waals surface area contributed by atoms with Crippen LogP contribution in [-0.4, -0.2) is 0 Å². The average molecular weight is 1070 g/mol. The lowest BCUT2D eigenvalue weighted by molar-refractivity contribution is 0.662. The Balaban J connectivity index is 0.770. The van der Waals surface area contributed by atoms with Gasteiger partial charge in [0.05, 0.1) is 0 Å². The molecule has 2 heteroatoms. The lowest BCUT2D eigenvalue weighted by atomic mass is 9.82. The summed E-state index contributed by atoms with van der Waals surface area (Å²) in [5.41, 5.74) is 24.0. The van der Waals surface area contributed by atoms with Crippen molar-refractivity contribution < 1.29 is 0 Å². The van der Waals surface area contributed by atoms with Crippen LogP contribution in [0.3, 0.4) is 0 Å². The van der Waals surface area contributed by atoms with Gasteiger partial charge in [0.1, 0.15) is 0 Å². The van der Waals surface area contributed by atoms with E-state index in [2.05, 4.69) is 329 Å². The van der Waals surface area contributed by atoms with Crippen LogP contribution in [-0.2, 0) is 10.8 Å². The van der Waals surface area contributed by atoms with Gasteiger partial charge in [0.2, 0.25) is 0 Å². The fourth-order valence-electron chi connectivity index (χ4n) is 14.3. The van der Waals surface area contributed by atoms with Gasteiger partial charge in [0.15, 0.2) is 0 Å². The van der Waals surface area contributed by atoms with Gasteiger partial charge < -0.3 is 9.80 Å². The zero-order valence-electron chi connectivity index (χ0n) is 47.6. The molecular formula is C82H60N2. The quantitative estimate of drug-likeness (QED) is 0.119. The second kappa shape index (κ2) is 19.2. The summed E-state index contributed by atoms with van der Waals surface area (Å²) in [5.74, 6) is 0. The van der Waals surface area contributed by atoms with Gasteiger partial charge in [-0.2, -0.15) is 0 Å². The minimum absolute atomic E-state index is 0.0592. The summed E-state index contributed by atoms with van der Waals surface area (Å²) in [7, 11) is 0. The number of hydrogen-bond donors (Lipinski definition) is 0. The second-order valence-electron chi connectivity index (χ2n) is 24.1. The number of anilines is 6. The van der Waals surface area contributed by atoms with E-state index in [0.717, 1.165) is 45.3 Å². The molecule has 0 saturated carbocycles. The number of rotatable bonds is 11. The highest BCUT2D eigenvalue weighted by atomic mass is 15.1. The fourth-order valence-corrected chi connectivity index (χ4v) is 14.3.